The number of carbonyl (C=O) groups is 1. The van der Waals surface area contributed by atoms with Gasteiger partial charge in [0.25, 0.3) is 5.91 Å². The normalized spacial score (nSPS) is 11.1. The molecule has 136 valence electrons. The Kier molecular flexibility index (Phi) is 6.34. The summed E-state index contributed by atoms with van der Waals surface area (Å²) in [4.78, 5) is 14.1. The zero-order chi connectivity index (χ0) is 19.1. The molecule has 1 N–H and O–H groups in total. The van der Waals surface area contributed by atoms with Gasteiger partial charge in [0.15, 0.2) is 0 Å². The maximum atomic E-state index is 13.0. The third-order valence-corrected chi connectivity index (χ3v) is 4.81. The highest BCUT2D eigenvalue weighted by molar-refractivity contribution is 7.98. The van der Waals surface area contributed by atoms with Crippen molar-refractivity contribution in [3.63, 3.8) is 0 Å². The number of nitrogens with one attached hydrogen (secondary N) is 1. The van der Waals surface area contributed by atoms with E-state index in [4.69, 9.17) is 4.74 Å². The van der Waals surface area contributed by atoms with Gasteiger partial charge in [-0.05, 0) is 53.8 Å². The molecule has 0 aliphatic heterocycles. The highest BCUT2D eigenvalue weighted by atomic mass is 32.2. The first kappa shape index (κ1) is 18.8. The quantitative estimate of drug-likeness (QED) is 0.346. The number of hydrogen-bond donors (Lipinski definition) is 1. The summed E-state index contributed by atoms with van der Waals surface area (Å²) in [5, 5.41) is 3.01. The molecular weight excluding hydrogens is 354 g/mol. The molecule has 27 heavy (non-hydrogen) atoms. The number of anilines is 1. The second-order valence-corrected chi connectivity index (χ2v) is 6.76. The number of benzene rings is 3. The summed E-state index contributed by atoms with van der Waals surface area (Å²) in [7, 11) is 1.64. The Hall–Kier alpha value is -2.98. The number of thioether (sulfide) groups is 1. The van der Waals surface area contributed by atoms with Crippen molar-refractivity contribution in [2.75, 3.05) is 18.7 Å². The molecule has 0 saturated carbocycles. The molecule has 0 radical (unpaired) electrons. The van der Waals surface area contributed by atoms with Crippen LogP contribution in [-0.4, -0.2) is 19.3 Å². The first-order valence-electron chi connectivity index (χ1n) is 8.56. The topological polar surface area (TPSA) is 38.3 Å². The van der Waals surface area contributed by atoms with E-state index in [1.54, 1.807) is 18.9 Å². The van der Waals surface area contributed by atoms with E-state index < -0.39 is 0 Å². The summed E-state index contributed by atoms with van der Waals surface area (Å²) >= 11 is 1.64. The van der Waals surface area contributed by atoms with E-state index in [1.165, 1.54) is 0 Å². The summed E-state index contributed by atoms with van der Waals surface area (Å²) < 4.78 is 5.21. The third-order valence-electron chi connectivity index (χ3n) is 4.08. The van der Waals surface area contributed by atoms with Crippen molar-refractivity contribution < 1.29 is 9.53 Å². The van der Waals surface area contributed by atoms with Crippen LogP contribution in [0.25, 0.3) is 11.6 Å². The van der Waals surface area contributed by atoms with Crippen molar-refractivity contribution in [1.82, 2.24) is 0 Å². The van der Waals surface area contributed by atoms with Gasteiger partial charge in [0, 0.05) is 16.2 Å². The summed E-state index contributed by atoms with van der Waals surface area (Å²) in [6.07, 6.45) is 3.91. The molecule has 1 amide bonds. The Morgan fingerprint density at radius 3 is 2.37 bits per heavy atom. The van der Waals surface area contributed by atoms with Crippen LogP contribution in [0.5, 0.6) is 5.75 Å². The lowest BCUT2D eigenvalue weighted by Gasteiger charge is -2.11. The Morgan fingerprint density at radius 1 is 0.963 bits per heavy atom. The first-order valence-corrected chi connectivity index (χ1v) is 9.78. The largest absolute Gasteiger partial charge is 0.497 e. The molecule has 0 unspecified atom stereocenters. The van der Waals surface area contributed by atoms with Gasteiger partial charge in [0.05, 0.1) is 7.11 Å². The molecule has 0 spiro atoms. The number of ether oxygens (including phenoxy) is 1. The molecule has 3 aromatic carbocycles. The first-order chi connectivity index (χ1) is 13.2. The number of amides is 1. The van der Waals surface area contributed by atoms with Crippen LogP contribution < -0.4 is 10.1 Å². The molecule has 0 aliphatic rings. The highest BCUT2D eigenvalue weighted by Gasteiger charge is 2.13. The van der Waals surface area contributed by atoms with Crippen molar-refractivity contribution in [1.29, 1.82) is 0 Å². The van der Waals surface area contributed by atoms with Crippen molar-refractivity contribution in [3.8, 4) is 5.75 Å². The molecule has 0 aromatic heterocycles. The smallest absolute Gasteiger partial charge is 0.256 e. The lowest BCUT2D eigenvalue weighted by atomic mass is 10.0. The van der Waals surface area contributed by atoms with Gasteiger partial charge in [-0.15, -0.1) is 11.8 Å². The van der Waals surface area contributed by atoms with Gasteiger partial charge < -0.3 is 10.1 Å². The standard InChI is InChI=1S/C23H21NO2S/c1-26-20-13-11-17(12-14-20)15-22(18-7-4-3-5-8-18)23(25)24-19-9-6-10-21(16-19)27-2/h3-16H,1-2H3,(H,24,25). The van der Waals surface area contributed by atoms with E-state index >= 15 is 0 Å². The molecule has 0 atom stereocenters. The fraction of sp³-hybridized carbons (Fsp3) is 0.0870. The van der Waals surface area contributed by atoms with Gasteiger partial charge >= 0.3 is 0 Å². The summed E-state index contributed by atoms with van der Waals surface area (Å²) in [5.41, 5.74) is 3.19. The van der Waals surface area contributed by atoms with Crippen molar-refractivity contribution >= 4 is 35.0 Å². The monoisotopic (exact) mass is 375 g/mol. The molecule has 0 saturated heterocycles. The molecule has 0 aliphatic carbocycles. The van der Waals surface area contributed by atoms with Gasteiger partial charge in [-0.25, -0.2) is 0 Å². The van der Waals surface area contributed by atoms with Crippen LogP contribution in [-0.2, 0) is 4.79 Å². The van der Waals surface area contributed by atoms with Crippen LogP contribution in [0.15, 0.2) is 83.8 Å². The van der Waals surface area contributed by atoms with E-state index in [0.29, 0.717) is 5.57 Å². The molecule has 3 aromatic rings. The van der Waals surface area contributed by atoms with Gasteiger partial charge in [0.2, 0.25) is 0 Å². The summed E-state index contributed by atoms with van der Waals surface area (Å²) in [5.74, 6) is 0.641. The van der Waals surface area contributed by atoms with Crippen molar-refractivity contribution in [3.05, 3.63) is 90.0 Å². The molecule has 4 heteroatoms. The minimum absolute atomic E-state index is 0.143. The van der Waals surface area contributed by atoms with E-state index in [-0.39, 0.29) is 5.91 Å². The Balaban J connectivity index is 1.93. The summed E-state index contributed by atoms with van der Waals surface area (Å²) in [6.45, 7) is 0. The maximum Gasteiger partial charge on any atom is 0.256 e. The van der Waals surface area contributed by atoms with E-state index in [2.05, 4.69) is 5.32 Å². The van der Waals surface area contributed by atoms with Crippen LogP contribution >= 0.6 is 11.8 Å². The fourth-order valence-electron chi connectivity index (χ4n) is 2.66. The lowest BCUT2D eigenvalue weighted by Crippen LogP contribution is -2.13. The minimum atomic E-state index is -0.143. The predicted octanol–water partition coefficient (Wildman–Crippen LogP) is 5.60. The van der Waals surface area contributed by atoms with E-state index in [0.717, 1.165) is 27.5 Å². The molecule has 3 rings (SSSR count). The molecular formula is C23H21NO2S. The molecule has 0 bridgehead atoms. The number of rotatable bonds is 6. The second-order valence-electron chi connectivity index (χ2n) is 5.88. The lowest BCUT2D eigenvalue weighted by molar-refractivity contribution is -0.111. The second kappa shape index (κ2) is 9.10. The van der Waals surface area contributed by atoms with Gasteiger partial charge in [0.1, 0.15) is 5.75 Å². The maximum absolute atomic E-state index is 13.0. The van der Waals surface area contributed by atoms with Gasteiger partial charge in [-0.1, -0.05) is 48.5 Å². The van der Waals surface area contributed by atoms with Gasteiger partial charge in [-0.3, -0.25) is 4.79 Å². The molecule has 3 nitrogen and oxygen atoms in total. The van der Waals surface area contributed by atoms with Crippen LogP contribution in [0.4, 0.5) is 5.69 Å². The van der Waals surface area contributed by atoms with Crippen LogP contribution in [0.2, 0.25) is 0 Å². The van der Waals surface area contributed by atoms with Crippen molar-refractivity contribution in [2.45, 2.75) is 4.90 Å². The Morgan fingerprint density at radius 2 is 1.70 bits per heavy atom. The number of methoxy groups -OCH3 is 1. The minimum Gasteiger partial charge on any atom is -0.497 e. The van der Waals surface area contributed by atoms with Crippen LogP contribution in [0, 0.1) is 0 Å². The molecule has 0 fully saturated rings. The zero-order valence-electron chi connectivity index (χ0n) is 15.3. The van der Waals surface area contributed by atoms with Crippen LogP contribution in [0.3, 0.4) is 0 Å². The van der Waals surface area contributed by atoms with Crippen molar-refractivity contribution in [2.24, 2.45) is 0 Å². The zero-order valence-corrected chi connectivity index (χ0v) is 16.1. The molecule has 0 heterocycles. The SMILES string of the molecule is COc1ccc(C=C(C(=O)Nc2cccc(SC)c2)c2ccccc2)cc1. The Bertz CT molecular complexity index is 934. The highest BCUT2D eigenvalue weighted by Crippen LogP contribution is 2.24. The Labute approximate surface area is 164 Å². The average Bonchev–Trinajstić information content (AvgIpc) is 2.73. The van der Waals surface area contributed by atoms with E-state index in [9.17, 15) is 4.79 Å². The fourth-order valence-corrected chi connectivity index (χ4v) is 3.12. The third kappa shape index (κ3) is 5.02. The average molecular weight is 375 g/mol. The van der Waals surface area contributed by atoms with Crippen LogP contribution in [0.1, 0.15) is 11.1 Å². The number of carbonyl (C=O) groups excluding carboxylic acids is 1. The van der Waals surface area contributed by atoms with Gasteiger partial charge in [-0.2, -0.15) is 0 Å². The summed E-state index contributed by atoms with van der Waals surface area (Å²) in [6, 6.07) is 25.1. The van der Waals surface area contributed by atoms with E-state index in [1.807, 2.05) is 91.2 Å². The number of hydrogen-bond acceptors (Lipinski definition) is 3. The predicted molar refractivity (Wildman–Crippen MR) is 114 cm³/mol.